The molecule has 0 bridgehead atoms. The van der Waals surface area contributed by atoms with Gasteiger partial charge in [-0.05, 0) is 50.2 Å². The second-order valence-corrected chi connectivity index (χ2v) is 11.5. The van der Waals surface area contributed by atoms with Gasteiger partial charge in [-0.3, -0.25) is 14.5 Å². The monoisotopic (exact) mass is 591 g/mol. The van der Waals surface area contributed by atoms with Gasteiger partial charge >= 0.3 is 0 Å². The van der Waals surface area contributed by atoms with Gasteiger partial charge in [0.2, 0.25) is 5.43 Å². The van der Waals surface area contributed by atoms with Crippen molar-refractivity contribution in [3.05, 3.63) is 81.2 Å². The number of benzene rings is 2. The summed E-state index contributed by atoms with van der Waals surface area (Å²) in [5.74, 6) is -0.375. The van der Waals surface area contributed by atoms with E-state index in [-0.39, 0.29) is 16.7 Å². The molecule has 42 heavy (non-hydrogen) atoms. The van der Waals surface area contributed by atoms with Gasteiger partial charge in [-0.1, -0.05) is 11.6 Å². The van der Waals surface area contributed by atoms with Crippen molar-refractivity contribution in [2.45, 2.75) is 19.4 Å². The number of halogens is 2. The first-order valence-corrected chi connectivity index (χ1v) is 14.7. The van der Waals surface area contributed by atoms with E-state index < -0.39 is 17.2 Å². The van der Waals surface area contributed by atoms with Gasteiger partial charge in [0, 0.05) is 68.7 Å². The minimum Gasteiger partial charge on any atom is -0.472 e. The maximum absolute atomic E-state index is 16.0. The van der Waals surface area contributed by atoms with Crippen LogP contribution in [-0.2, 0) is 6.54 Å². The number of rotatable bonds is 7. The number of pyridine rings is 1. The average Bonchev–Trinajstić information content (AvgIpc) is 3.70. The molecule has 0 radical (unpaired) electrons. The highest BCUT2D eigenvalue weighted by Gasteiger charge is 2.32. The number of furan rings is 1. The Morgan fingerprint density at radius 1 is 1.02 bits per heavy atom. The Hall–Kier alpha value is -3.86. The summed E-state index contributed by atoms with van der Waals surface area (Å²) in [6, 6.07) is 8.35. The van der Waals surface area contributed by atoms with Gasteiger partial charge in [0.05, 0.1) is 23.6 Å². The first kappa shape index (κ1) is 27.0. The molecule has 2 aromatic carbocycles. The van der Waals surface area contributed by atoms with Crippen LogP contribution in [0.3, 0.4) is 0 Å². The predicted molar refractivity (Wildman–Crippen MR) is 159 cm³/mol. The fourth-order valence-corrected chi connectivity index (χ4v) is 6.40. The Kier molecular flexibility index (Phi) is 7.13. The molecular weight excluding hydrogens is 561 g/mol. The number of anilines is 1. The lowest BCUT2D eigenvalue weighted by molar-refractivity contribution is 0.0948. The van der Waals surface area contributed by atoms with Gasteiger partial charge in [-0.2, -0.15) is 0 Å². The smallest absolute Gasteiger partial charge is 0.256 e. The summed E-state index contributed by atoms with van der Waals surface area (Å²) in [6.45, 7) is 6.51. The van der Waals surface area contributed by atoms with Gasteiger partial charge in [0.15, 0.2) is 17.3 Å². The number of carbonyl (C=O) groups is 1. The molecule has 1 amide bonds. The number of piperazine rings is 1. The zero-order valence-corrected chi connectivity index (χ0v) is 23.8. The van der Waals surface area contributed by atoms with Crippen LogP contribution in [-0.4, -0.2) is 72.6 Å². The Bertz CT molecular complexity index is 1710. The summed E-state index contributed by atoms with van der Waals surface area (Å²) in [7, 11) is 0. The van der Waals surface area contributed by atoms with E-state index in [1.54, 1.807) is 41.5 Å². The topological polar surface area (TPSA) is 83.2 Å². The molecule has 11 heteroatoms. The molecule has 7 rings (SSSR count). The van der Waals surface area contributed by atoms with Crippen LogP contribution in [0.2, 0.25) is 5.02 Å². The molecule has 9 nitrogen and oxygen atoms in total. The van der Waals surface area contributed by atoms with Crippen molar-refractivity contribution >= 4 is 34.1 Å². The lowest BCUT2D eigenvalue weighted by Crippen LogP contribution is -2.46. The zero-order chi connectivity index (χ0) is 28.8. The van der Waals surface area contributed by atoms with Crippen LogP contribution >= 0.6 is 11.6 Å². The second kappa shape index (κ2) is 11.1. The van der Waals surface area contributed by atoms with Crippen LogP contribution in [0.1, 0.15) is 28.8 Å². The number of likely N-dealkylation sites (tertiary alicyclic amines) is 1. The zero-order valence-electron chi connectivity index (χ0n) is 23.1. The maximum Gasteiger partial charge on any atom is 0.256 e. The summed E-state index contributed by atoms with van der Waals surface area (Å²) in [5.41, 5.74) is 1.86. The van der Waals surface area contributed by atoms with E-state index in [1.807, 2.05) is 11.0 Å². The predicted octanol–water partition coefficient (Wildman–Crippen LogP) is 4.63. The van der Waals surface area contributed by atoms with Crippen LogP contribution in [0.25, 0.3) is 16.6 Å². The number of carbonyl (C=O) groups excluding carboxylic acids is 1. The van der Waals surface area contributed by atoms with Crippen molar-refractivity contribution in [3.63, 3.8) is 0 Å². The van der Waals surface area contributed by atoms with E-state index in [4.69, 9.17) is 20.8 Å². The lowest BCUT2D eigenvalue weighted by atomic mass is 10.0. The molecule has 0 spiro atoms. The van der Waals surface area contributed by atoms with Crippen molar-refractivity contribution in [1.82, 2.24) is 19.7 Å². The summed E-state index contributed by atoms with van der Waals surface area (Å²) >= 11 is 6.31. The van der Waals surface area contributed by atoms with Crippen LogP contribution in [0.15, 0.2) is 58.3 Å². The largest absolute Gasteiger partial charge is 0.472 e. The van der Waals surface area contributed by atoms with Gasteiger partial charge in [-0.25, -0.2) is 4.39 Å². The van der Waals surface area contributed by atoms with Gasteiger partial charge in [0.1, 0.15) is 16.8 Å². The van der Waals surface area contributed by atoms with E-state index in [9.17, 15) is 9.59 Å². The number of ether oxygens (including phenoxy) is 1. The fraction of sp³-hybridized carbons (Fsp3) is 0.355. The molecule has 0 atom stereocenters. The molecule has 0 saturated carbocycles. The number of amides is 1. The summed E-state index contributed by atoms with van der Waals surface area (Å²) in [4.78, 5) is 33.5. The van der Waals surface area contributed by atoms with E-state index in [0.717, 1.165) is 44.6 Å². The number of nitrogens with zero attached hydrogens (tertiary/aromatic N) is 4. The first-order valence-electron chi connectivity index (χ1n) is 14.3. The average molecular weight is 592 g/mol. The SMILES string of the molecule is O=C(NCCN1CCCC1)c1cn2c3c(c(N4CCN(Cc5ccoc5)CC4)c(F)cc3c1=O)Oc1cc(Cl)ccc1-2. The van der Waals surface area contributed by atoms with Gasteiger partial charge in [-0.15, -0.1) is 0 Å². The molecule has 2 aromatic heterocycles. The normalized spacial score (nSPS) is 17.0. The fourth-order valence-electron chi connectivity index (χ4n) is 6.24. The molecule has 3 aliphatic heterocycles. The third-order valence-electron chi connectivity index (χ3n) is 8.40. The number of hydrogen-bond donors (Lipinski definition) is 1. The molecule has 2 fully saturated rings. The standard InChI is InChI=1S/C31H31ClFN5O4/c32-21-3-4-25-26(15-21)42-30-27-22(29(39)23(18-38(25)27)31(40)34-6-9-35-7-1-2-8-35)16-24(33)28(30)37-12-10-36(11-13-37)17-20-5-14-41-19-20/h3-5,14-16,18-19H,1-2,6-13,17H2,(H,34,40). The van der Waals surface area contributed by atoms with Crippen LogP contribution in [0.5, 0.6) is 11.5 Å². The van der Waals surface area contributed by atoms with E-state index in [2.05, 4.69) is 15.1 Å². The molecule has 218 valence electrons. The minimum absolute atomic E-state index is 0.0438. The molecule has 2 saturated heterocycles. The van der Waals surface area contributed by atoms with Crippen molar-refractivity contribution in [2.75, 3.05) is 57.3 Å². The number of nitrogens with one attached hydrogen (secondary N) is 1. The van der Waals surface area contributed by atoms with Gasteiger partial charge in [0.25, 0.3) is 5.91 Å². The number of fused-ring (bicyclic) bond motifs is 2. The Morgan fingerprint density at radius 2 is 1.83 bits per heavy atom. The first-order chi connectivity index (χ1) is 20.5. The minimum atomic E-state index is -0.568. The van der Waals surface area contributed by atoms with Crippen LogP contribution in [0, 0.1) is 5.82 Å². The quantitative estimate of drug-likeness (QED) is 0.295. The van der Waals surface area contributed by atoms with E-state index in [1.165, 1.54) is 6.07 Å². The molecule has 5 heterocycles. The highest BCUT2D eigenvalue weighted by molar-refractivity contribution is 6.30. The summed E-state index contributed by atoms with van der Waals surface area (Å²) in [6.07, 6.45) is 7.25. The van der Waals surface area contributed by atoms with E-state index in [0.29, 0.717) is 60.4 Å². The Labute approximate surface area is 247 Å². The number of hydrogen-bond acceptors (Lipinski definition) is 7. The molecule has 0 aliphatic carbocycles. The lowest BCUT2D eigenvalue weighted by Gasteiger charge is -2.37. The molecule has 3 aliphatic rings. The van der Waals surface area contributed by atoms with Crippen LogP contribution in [0.4, 0.5) is 10.1 Å². The summed E-state index contributed by atoms with van der Waals surface area (Å²) < 4.78 is 29.3. The highest BCUT2D eigenvalue weighted by Crippen LogP contribution is 2.47. The maximum atomic E-state index is 16.0. The third-order valence-corrected chi connectivity index (χ3v) is 8.63. The molecule has 4 aromatic rings. The molecule has 0 unspecified atom stereocenters. The molecule has 1 N–H and O–H groups in total. The van der Waals surface area contributed by atoms with Crippen molar-refractivity contribution in [2.24, 2.45) is 0 Å². The van der Waals surface area contributed by atoms with E-state index >= 15 is 4.39 Å². The Morgan fingerprint density at radius 3 is 2.60 bits per heavy atom. The summed E-state index contributed by atoms with van der Waals surface area (Å²) in [5, 5.41) is 3.44. The van der Waals surface area contributed by atoms with Crippen molar-refractivity contribution in [3.8, 4) is 17.2 Å². The van der Waals surface area contributed by atoms with Gasteiger partial charge < -0.3 is 28.8 Å². The highest BCUT2D eigenvalue weighted by atomic mass is 35.5. The van der Waals surface area contributed by atoms with Crippen LogP contribution < -0.4 is 20.4 Å². The third kappa shape index (κ3) is 4.93. The second-order valence-electron chi connectivity index (χ2n) is 11.1. The Balaban J connectivity index is 1.25. The number of aromatic nitrogens is 1. The van der Waals surface area contributed by atoms with Crippen molar-refractivity contribution in [1.29, 1.82) is 0 Å². The van der Waals surface area contributed by atoms with Crippen molar-refractivity contribution < 1.29 is 18.3 Å². The molecular formula is C31H31ClFN5O4.